The average Bonchev–Trinajstić information content (AvgIpc) is 3.75. The Hall–Kier alpha value is -6.63. The lowest BCUT2D eigenvalue weighted by atomic mass is 9.85. The Balaban J connectivity index is 1.34. The maximum Gasteiger partial charge on any atom is 0.181 e. The molecule has 0 amide bonds. The molecule has 0 aliphatic carbocycles. The number of para-hydroxylation sites is 1. The van der Waals surface area contributed by atoms with Crippen LogP contribution in [0.2, 0.25) is 0 Å². The molecule has 52 heavy (non-hydrogen) atoms. The van der Waals surface area contributed by atoms with Crippen molar-refractivity contribution in [2.45, 2.75) is 0 Å². The van der Waals surface area contributed by atoms with Crippen LogP contribution in [0.1, 0.15) is 11.4 Å². The molecule has 2 aromatic heterocycles. The summed E-state index contributed by atoms with van der Waals surface area (Å²) in [6, 6.07) is 48.6. The normalized spacial score (nSPS) is 14.3. The van der Waals surface area contributed by atoms with Crippen molar-refractivity contribution in [3.05, 3.63) is 182 Å². The lowest BCUT2D eigenvalue weighted by molar-refractivity contribution is 0.547. The molecule has 0 spiro atoms. The molecule has 9 aromatic rings. The summed E-state index contributed by atoms with van der Waals surface area (Å²) in [5.74, 6) is 1.69. The number of thiophene rings is 1. The molecular formula is C46H29N5S. The second-order valence-electron chi connectivity index (χ2n) is 13.2. The Morgan fingerprint density at radius 1 is 0.538 bits per heavy atom. The fourth-order valence-corrected chi connectivity index (χ4v) is 9.34. The van der Waals surface area contributed by atoms with Gasteiger partial charge in [-0.2, -0.15) is 0 Å². The molecule has 0 unspecified atom stereocenters. The summed E-state index contributed by atoms with van der Waals surface area (Å²) in [5, 5.41) is 9.82. The van der Waals surface area contributed by atoms with Gasteiger partial charge in [-0.1, -0.05) is 109 Å². The standard InChI is InChI=1S/C46H29N5S/c1-2-14-32(15-3-1)51-41-20-10-11-23-50(41)44(45(51)46-48-27-47-28-49-46)43-35-18-7-6-17-34(35)42(31-22-21-29-12-4-5-13-30(29)24-31)38-26-40-36(25-37(38)43)33-16-8-9-19-39(33)52-40/h1-22,24-28H,23H2. The van der Waals surface area contributed by atoms with Gasteiger partial charge in [-0.05, 0) is 85.9 Å². The SMILES string of the molecule is C1=CCN2C(=C1)N(c1ccccc1)C(c1ncncn1)=C2c1c2ccccc2c(-c2ccc3ccccc3c2)c2cc3sc4ccccc4c3cc12. The zero-order valence-corrected chi connectivity index (χ0v) is 28.8. The second kappa shape index (κ2) is 11.5. The van der Waals surface area contributed by atoms with Crippen LogP contribution in [0.25, 0.3) is 75.0 Å². The number of nitrogens with zero attached hydrogens (tertiary/aromatic N) is 5. The third kappa shape index (κ3) is 4.31. The van der Waals surface area contributed by atoms with Crippen LogP contribution >= 0.6 is 11.3 Å². The van der Waals surface area contributed by atoms with Crippen LogP contribution in [0.15, 0.2) is 170 Å². The first-order chi connectivity index (χ1) is 25.8. The molecule has 0 saturated carbocycles. The first-order valence-electron chi connectivity index (χ1n) is 17.5. The highest BCUT2D eigenvalue weighted by Gasteiger charge is 2.39. The summed E-state index contributed by atoms with van der Waals surface area (Å²) >= 11 is 1.86. The van der Waals surface area contributed by atoms with Crippen molar-refractivity contribution in [1.29, 1.82) is 0 Å². The van der Waals surface area contributed by atoms with Gasteiger partial charge in [0.15, 0.2) is 5.82 Å². The van der Waals surface area contributed by atoms with Gasteiger partial charge in [0.2, 0.25) is 0 Å². The zero-order chi connectivity index (χ0) is 34.2. The van der Waals surface area contributed by atoms with E-state index in [1.165, 1.54) is 69.2 Å². The minimum absolute atomic E-state index is 0.627. The van der Waals surface area contributed by atoms with E-state index in [0.29, 0.717) is 12.4 Å². The highest BCUT2D eigenvalue weighted by Crippen LogP contribution is 2.52. The number of anilines is 1. The smallest absolute Gasteiger partial charge is 0.181 e. The van der Waals surface area contributed by atoms with E-state index in [1.54, 1.807) is 12.7 Å². The maximum absolute atomic E-state index is 4.81. The fourth-order valence-electron chi connectivity index (χ4n) is 8.22. The van der Waals surface area contributed by atoms with Gasteiger partial charge in [-0.15, -0.1) is 11.3 Å². The van der Waals surface area contributed by atoms with E-state index in [4.69, 9.17) is 9.97 Å². The van der Waals surface area contributed by atoms with Crippen LogP contribution in [0.5, 0.6) is 0 Å². The Bertz CT molecular complexity index is 3000. The lowest BCUT2D eigenvalue weighted by Gasteiger charge is -2.29. The van der Waals surface area contributed by atoms with Crippen LogP contribution in [0.3, 0.4) is 0 Å². The first-order valence-corrected chi connectivity index (χ1v) is 18.3. The van der Waals surface area contributed by atoms with Crippen LogP contribution < -0.4 is 4.90 Å². The van der Waals surface area contributed by atoms with Crippen molar-refractivity contribution >= 4 is 80.9 Å². The van der Waals surface area contributed by atoms with Crippen molar-refractivity contribution in [3.8, 4) is 11.1 Å². The molecule has 0 saturated heterocycles. The lowest BCUT2D eigenvalue weighted by Crippen LogP contribution is -2.27. The van der Waals surface area contributed by atoms with Gasteiger partial charge >= 0.3 is 0 Å². The van der Waals surface area contributed by atoms with E-state index in [-0.39, 0.29) is 0 Å². The molecule has 2 aliphatic rings. The van der Waals surface area contributed by atoms with E-state index < -0.39 is 0 Å². The summed E-state index contributed by atoms with van der Waals surface area (Å²) in [6.45, 7) is 0.713. The third-order valence-corrected chi connectivity index (χ3v) is 11.5. The topological polar surface area (TPSA) is 45.2 Å². The van der Waals surface area contributed by atoms with Crippen LogP contribution in [0.4, 0.5) is 5.69 Å². The minimum Gasteiger partial charge on any atom is -0.321 e. The highest BCUT2D eigenvalue weighted by molar-refractivity contribution is 7.25. The quantitative estimate of drug-likeness (QED) is 0.173. The highest BCUT2D eigenvalue weighted by atomic mass is 32.1. The molecule has 11 rings (SSSR count). The molecule has 0 fully saturated rings. The van der Waals surface area contributed by atoms with Gasteiger partial charge in [0.1, 0.15) is 24.2 Å². The summed E-state index contributed by atoms with van der Waals surface area (Å²) in [7, 11) is 0. The Morgan fingerprint density at radius 2 is 1.25 bits per heavy atom. The van der Waals surface area contributed by atoms with Crippen molar-refractivity contribution in [3.63, 3.8) is 0 Å². The van der Waals surface area contributed by atoms with Gasteiger partial charge in [0.25, 0.3) is 0 Å². The van der Waals surface area contributed by atoms with Gasteiger partial charge in [-0.25, -0.2) is 15.0 Å². The van der Waals surface area contributed by atoms with Crippen LogP contribution in [-0.4, -0.2) is 26.4 Å². The Kier molecular flexibility index (Phi) is 6.42. The van der Waals surface area contributed by atoms with Crippen LogP contribution in [-0.2, 0) is 0 Å². The number of benzene rings is 7. The number of allylic oxidation sites excluding steroid dienone is 2. The van der Waals surface area contributed by atoms with Gasteiger partial charge in [-0.3, -0.25) is 4.90 Å². The van der Waals surface area contributed by atoms with Crippen molar-refractivity contribution < 1.29 is 0 Å². The van der Waals surface area contributed by atoms with E-state index in [0.717, 1.165) is 22.9 Å². The molecule has 0 atom stereocenters. The predicted molar refractivity (Wildman–Crippen MR) is 217 cm³/mol. The molecule has 0 N–H and O–H groups in total. The molecule has 6 heteroatoms. The molecule has 2 aliphatic heterocycles. The first kappa shape index (κ1) is 29.1. The van der Waals surface area contributed by atoms with Gasteiger partial charge < -0.3 is 4.90 Å². The average molecular weight is 684 g/mol. The minimum atomic E-state index is 0.627. The molecule has 5 nitrogen and oxygen atoms in total. The van der Waals surface area contributed by atoms with Gasteiger partial charge in [0, 0.05) is 38.0 Å². The maximum atomic E-state index is 4.81. The summed E-state index contributed by atoms with van der Waals surface area (Å²) in [6.07, 6.45) is 9.76. The van der Waals surface area contributed by atoms with E-state index >= 15 is 0 Å². The number of fused-ring (bicyclic) bond motifs is 7. The van der Waals surface area contributed by atoms with E-state index in [1.807, 2.05) is 11.3 Å². The monoisotopic (exact) mass is 683 g/mol. The molecule has 4 heterocycles. The molecule has 0 bridgehead atoms. The van der Waals surface area contributed by atoms with Gasteiger partial charge in [0.05, 0.1) is 5.70 Å². The summed E-state index contributed by atoms with van der Waals surface area (Å²) in [4.78, 5) is 18.6. The number of rotatable bonds is 4. The molecule has 244 valence electrons. The molecule has 7 aromatic carbocycles. The third-order valence-electron chi connectivity index (χ3n) is 10.4. The second-order valence-corrected chi connectivity index (χ2v) is 14.3. The number of hydrogen-bond acceptors (Lipinski definition) is 6. The largest absolute Gasteiger partial charge is 0.321 e. The summed E-state index contributed by atoms with van der Waals surface area (Å²) in [5.41, 5.74) is 6.68. The van der Waals surface area contributed by atoms with Crippen molar-refractivity contribution in [1.82, 2.24) is 19.9 Å². The number of hydrogen-bond donors (Lipinski definition) is 0. The Labute approximate surface area is 303 Å². The zero-order valence-electron chi connectivity index (χ0n) is 27.9. The molecule has 0 radical (unpaired) electrons. The number of aromatic nitrogens is 3. The van der Waals surface area contributed by atoms with E-state index in [9.17, 15) is 0 Å². The van der Waals surface area contributed by atoms with E-state index in [2.05, 4.69) is 166 Å². The van der Waals surface area contributed by atoms with Crippen molar-refractivity contribution in [2.75, 3.05) is 11.4 Å². The Morgan fingerprint density at radius 3 is 2.10 bits per heavy atom. The predicted octanol–water partition coefficient (Wildman–Crippen LogP) is 11.4. The molecular weight excluding hydrogens is 655 g/mol. The fraction of sp³-hybridized carbons (Fsp3) is 0.0217. The summed E-state index contributed by atoms with van der Waals surface area (Å²) < 4.78 is 2.57. The van der Waals surface area contributed by atoms with Crippen molar-refractivity contribution in [2.24, 2.45) is 0 Å². The van der Waals surface area contributed by atoms with Crippen LogP contribution in [0, 0.1) is 0 Å².